The largest absolute Gasteiger partial charge is 0.338 e. The Morgan fingerprint density at radius 3 is 2.63 bits per heavy atom. The van der Waals surface area contributed by atoms with Crippen LogP contribution in [0.3, 0.4) is 0 Å². The van der Waals surface area contributed by atoms with E-state index in [0.29, 0.717) is 22.7 Å². The summed E-state index contributed by atoms with van der Waals surface area (Å²) >= 11 is 0. The van der Waals surface area contributed by atoms with Gasteiger partial charge < -0.3 is 4.90 Å². The standard InChI is InChI=1S/C21H26N2O3S/c1-15-6-4-8-19(12-15)22-27(25,26)20-13-18(10-9-17(20)3)21(24)23-11-5-7-16(2)14-23/h4,6,8-10,12-13,16,22H,5,7,11,14H2,1-3H3/t16-/m1/s1. The van der Waals surface area contributed by atoms with Crippen LogP contribution in [0.25, 0.3) is 0 Å². The molecule has 1 saturated heterocycles. The molecular weight excluding hydrogens is 360 g/mol. The molecule has 1 amide bonds. The number of carbonyl (C=O) groups is 1. The Labute approximate surface area is 161 Å². The van der Waals surface area contributed by atoms with Gasteiger partial charge >= 0.3 is 0 Å². The molecule has 2 aromatic carbocycles. The summed E-state index contributed by atoms with van der Waals surface area (Å²) in [6.45, 7) is 7.22. The molecule has 5 nitrogen and oxygen atoms in total. The van der Waals surface area contributed by atoms with Gasteiger partial charge in [-0.15, -0.1) is 0 Å². The van der Waals surface area contributed by atoms with Crippen LogP contribution in [0.4, 0.5) is 5.69 Å². The van der Waals surface area contributed by atoms with Gasteiger partial charge in [-0.1, -0.05) is 25.1 Å². The van der Waals surface area contributed by atoms with E-state index in [0.717, 1.165) is 31.5 Å². The fourth-order valence-electron chi connectivity index (χ4n) is 3.50. The first-order valence-corrected chi connectivity index (χ1v) is 10.7. The first kappa shape index (κ1) is 19.4. The van der Waals surface area contributed by atoms with Crippen molar-refractivity contribution in [1.29, 1.82) is 0 Å². The molecule has 0 spiro atoms. The normalized spacial score (nSPS) is 17.6. The van der Waals surface area contributed by atoms with Crippen molar-refractivity contribution in [3.05, 3.63) is 59.2 Å². The molecule has 1 heterocycles. The van der Waals surface area contributed by atoms with Gasteiger partial charge in [-0.3, -0.25) is 9.52 Å². The summed E-state index contributed by atoms with van der Waals surface area (Å²) in [5.41, 5.74) is 2.50. The van der Waals surface area contributed by atoms with Crippen LogP contribution in [-0.4, -0.2) is 32.3 Å². The van der Waals surface area contributed by atoms with E-state index in [2.05, 4.69) is 11.6 Å². The quantitative estimate of drug-likeness (QED) is 0.864. The second-order valence-corrected chi connectivity index (χ2v) is 9.10. The molecule has 0 aromatic heterocycles. The Bertz CT molecular complexity index is 954. The van der Waals surface area contributed by atoms with Crippen molar-refractivity contribution in [3.63, 3.8) is 0 Å². The minimum absolute atomic E-state index is 0.103. The van der Waals surface area contributed by atoms with Crippen molar-refractivity contribution >= 4 is 21.6 Å². The minimum Gasteiger partial charge on any atom is -0.338 e. The van der Waals surface area contributed by atoms with Crippen LogP contribution in [0.5, 0.6) is 0 Å². The molecule has 27 heavy (non-hydrogen) atoms. The summed E-state index contributed by atoms with van der Waals surface area (Å²) in [5, 5.41) is 0. The average Bonchev–Trinajstić information content (AvgIpc) is 2.61. The highest BCUT2D eigenvalue weighted by atomic mass is 32.2. The monoisotopic (exact) mass is 386 g/mol. The van der Waals surface area contributed by atoms with E-state index in [4.69, 9.17) is 0 Å². The van der Waals surface area contributed by atoms with Crippen LogP contribution >= 0.6 is 0 Å². The van der Waals surface area contributed by atoms with Gasteiger partial charge in [0.1, 0.15) is 0 Å². The highest BCUT2D eigenvalue weighted by Crippen LogP contribution is 2.23. The van der Waals surface area contributed by atoms with Gasteiger partial charge in [-0.2, -0.15) is 0 Å². The maximum Gasteiger partial charge on any atom is 0.262 e. The maximum atomic E-state index is 12.9. The van der Waals surface area contributed by atoms with E-state index in [1.807, 2.05) is 17.9 Å². The zero-order valence-corrected chi connectivity index (χ0v) is 16.8. The maximum absolute atomic E-state index is 12.9. The molecule has 2 aromatic rings. The number of anilines is 1. The number of hydrogen-bond acceptors (Lipinski definition) is 3. The third-order valence-corrected chi connectivity index (χ3v) is 6.46. The van der Waals surface area contributed by atoms with Gasteiger partial charge in [-0.05, 0) is 68.0 Å². The third kappa shape index (κ3) is 4.50. The number of amides is 1. The van der Waals surface area contributed by atoms with Gasteiger partial charge in [-0.25, -0.2) is 8.42 Å². The van der Waals surface area contributed by atoms with Crippen LogP contribution in [0.1, 0.15) is 41.3 Å². The number of carbonyl (C=O) groups excluding carboxylic acids is 1. The lowest BCUT2D eigenvalue weighted by Gasteiger charge is -2.31. The first-order chi connectivity index (χ1) is 12.8. The van der Waals surface area contributed by atoms with Gasteiger partial charge in [0, 0.05) is 24.3 Å². The molecule has 144 valence electrons. The number of nitrogens with zero attached hydrogens (tertiary/aromatic N) is 1. The molecule has 1 atom stereocenters. The van der Waals surface area contributed by atoms with Gasteiger partial charge in [0.05, 0.1) is 4.90 Å². The molecule has 1 N–H and O–H groups in total. The van der Waals surface area contributed by atoms with Crippen LogP contribution in [-0.2, 0) is 10.0 Å². The number of aryl methyl sites for hydroxylation is 2. The zero-order chi connectivity index (χ0) is 19.6. The molecule has 0 saturated carbocycles. The van der Waals surface area contributed by atoms with E-state index in [-0.39, 0.29) is 10.8 Å². The Kier molecular flexibility index (Phi) is 5.56. The summed E-state index contributed by atoms with van der Waals surface area (Å²) in [5.74, 6) is 0.368. The van der Waals surface area contributed by atoms with Gasteiger partial charge in [0.15, 0.2) is 0 Å². The fraction of sp³-hybridized carbons (Fsp3) is 0.381. The number of rotatable bonds is 4. The number of hydrogen-bond donors (Lipinski definition) is 1. The summed E-state index contributed by atoms with van der Waals surface area (Å²) in [6.07, 6.45) is 2.11. The Balaban J connectivity index is 1.89. The highest BCUT2D eigenvalue weighted by Gasteiger charge is 2.24. The Hall–Kier alpha value is -2.34. The van der Waals surface area contributed by atoms with E-state index in [1.165, 1.54) is 6.07 Å². The number of nitrogens with one attached hydrogen (secondary N) is 1. The van der Waals surface area contributed by atoms with Crippen LogP contribution in [0.15, 0.2) is 47.4 Å². The Morgan fingerprint density at radius 1 is 1.15 bits per heavy atom. The van der Waals surface area contributed by atoms with Gasteiger partial charge in [0.25, 0.3) is 15.9 Å². The smallest absolute Gasteiger partial charge is 0.262 e. The fourth-order valence-corrected chi connectivity index (χ4v) is 4.82. The van der Waals surface area contributed by atoms with E-state index >= 15 is 0 Å². The summed E-state index contributed by atoms with van der Waals surface area (Å²) < 4.78 is 28.4. The lowest BCUT2D eigenvalue weighted by atomic mass is 9.99. The second kappa shape index (κ2) is 7.72. The van der Waals surface area contributed by atoms with Crippen molar-refractivity contribution in [3.8, 4) is 0 Å². The Morgan fingerprint density at radius 2 is 1.93 bits per heavy atom. The van der Waals surface area contributed by atoms with Crippen molar-refractivity contribution in [2.24, 2.45) is 5.92 Å². The van der Waals surface area contributed by atoms with Gasteiger partial charge in [0.2, 0.25) is 0 Å². The molecular formula is C21H26N2O3S. The lowest BCUT2D eigenvalue weighted by Crippen LogP contribution is -2.39. The average molecular weight is 387 g/mol. The molecule has 6 heteroatoms. The van der Waals surface area contributed by atoms with E-state index in [9.17, 15) is 13.2 Å². The molecule has 3 rings (SSSR count). The van der Waals surface area contributed by atoms with Crippen molar-refractivity contribution in [1.82, 2.24) is 4.90 Å². The SMILES string of the molecule is Cc1cccc(NS(=O)(=O)c2cc(C(=O)N3CCC[C@@H](C)C3)ccc2C)c1. The van der Waals surface area contributed by atoms with E-state index < -0.39 is 10.0 Å². The molecule has 0 aliphatic carbocycles. The molecule has 0 bridgehead atoms. The summed E-state index contributed by atoms with van der Waals surface area (Å²) in [6, 6.07) is 12.1. The molecule has 0 radical (unpaired) electrons. The molecule has 1 aliphatic heterocycles. The highest BCUT2D eigenvalue weighted by molar-refractivity contribution is 7.92. The number of sulfonamides is 1. The number of piperidine rings is 1. The second-order valence-electron chi connectivity index (χ2n) is 7.45. The zero-order valence-electron chi connectivity index (χ0n) is 16.0. The molecule has 1 aliphatic rings. The molecule has 0 unspecified atom stereocenters. The topological polar surface area (TPSA) is 66.5 Å². The van der Waals surface area contributed by atoms with E-state index in [1.54, 1.807) is 37.3 Å². The lowest BCUT2D eigenvalue weighted by molar-refractivity contribution is 0.0683. The first-order valence-electron chi connectivity index (χ1n) is 9.26. The van der Waals surface area contributed by atoms with Crippen molar-refractivity contribution in [2.75, 3.05) is 17.8 Å². The number of benzene rings is 2. The van der Waals surface area contributed by atoms with Crippen LogP contribution in [0.2, 0.25) is 0 Å². The predicted molar refractivity (Wildman–Crippen MR) is 107 cm³/mol. The summed E-state index contributed by atoms with van der Waals surface area (Å²) in [4.78, 5) is 14.8. The van der Waals surface area contributed by atoms with Crippen molar-refractivity contribution in [2.45, 2.75) is 38.5 Å². The predicted octanol–water partition coefficient (Wildman–Crippen LogP) is 3.98. The van der Waals surface area contributed by atoms with Crippen LogP contribution < -0.4 is 4.72 Å². The van der Waals surface area contributed by atoms with Crippen LogP contribution in [0, 0.1) is 19.8 Å². The summed E-state index contributed by atoms with van der Waals surface area (Å²) in [7, 11) is -3.78. The van der Waals surface area contributed by atoms with Crippen molar-refractivity contribution < 1.29 is 13.2 Å². The third-order valence-electron chi connectivity index (χ3n) is 4.94. The number of likely N-dealkylation sites (tertiary alicyclic amines) is 1. The minimum atomic E-state index is -3.78. The molecule has 1 fully saturated rings.